The third-order valence-corrected chi connectivity index (χ3v) is 13.9. The van der Waals surface area contributed by atoms with Gasteiger partial charge in [-0.25, -0.2) is 4.79 Å². The minimum Gasteiger partial charge on any atom is -0.481 e. The normalized spacial score (nSPS) is 17.0. The number of aromatic nitrogens is 1. The molecule has 1 aromatic carbocycles. The standard InChI is InChI=1S/C53H83N15O16/c1-7-26(4)41(50(81)67-42(28(6)70)52(83)84)66-45(76)33(14-10-18-58-53(56)57)61-44(75)34(16-17-40(72)73)62-46(77)35(20-25(2)3)63-48(79)37(22-39(55)71)64-47(78)36(21-29-23-59-32-13-9-8-12-30(29)32)65-49(80)38-15-11-19-68(38)51(82)27(5)60-43(74)31(54)24-69/h8-9,12-13,23,25-28,31,33-38,41-42,59,69-70H,7,10-11,14-22,24,54H2,1-6H3,(H2,55,71)(H,60,74)(H,61,75)(H,62,77)(H,63,79)(H,64,78)(H,65,80)(H,66,76)(H,67,81)(H,72,73)(H,83,84)(H4,56,57,58)/t26-,27-,28+,31-,33-,34-,35-,36-,37-,38-,41-,42-/m0/s1. The molecule has 31 nitrogen and oxygen atoms in total. The maximum absolute atomic E-state index is 14.5. The van der Waals surface area contributed by atoms with Crippen molar-refractivity contribution in [3.05, 3.63) is 36.0 Å². The summed E-state index contributed by atoms with van der Waals surface area (Å²) in [6, 6.07) is -7.89. The van der Waals surface area contributed by atoms with E-state index in [-0.39, 0.29) is 63.5 Å². The number of carboxylic acid groups (broad SMARTS) is 2. The first kappa shape index (κ1) is 69.8. The number of hydrogen-bond donors (Lipinski definition) is 17. The number of amides is 10. The van der Waals surface area contributed by atoms with Crippen LogP contribution in [0.15, 0.2) is 35.5 Å². The van der Waals surface area contributed by atoms with E-state index in [1.54, 1.807) is 58.2 Å². The number of hydrogen-bond acceptors (Lipinski definition) is 16. The van der Waals surface area contributed by atoms with Crippen LogP contribution >= 0.6 is 0 Å². The molecular formula is C53H83N15O16. The Kier molecular flexibility index (Phi) is 27.9. The Hall–Kier alpha value is -8.45. The van der Waals surface area contributed by atoms with Gasteiger partial charge in [0.25, 0.3) is 0 Å². The van der Waals surface area contributed by atoms with Crippen LogP contribution in [0.5, 0.6) is 0 Å². The number of H-pyrrole nitrogens is 1. The Labute approximate surface area is 484 Å². The highest BCUT2D eigenvalue weighted by Gasteiger charge is 2.40. The van der Waals surface area contributed by atoms with Crippen LogP contribution in [-0.4, -0.2) is 193 Å². The fourth-order valence-electron chi connectivity index (χ4n) is 9.11. The minimum absolute atomic E-state index is 0.0400. The first-order valence-electron chi connectivity index (χ1n) is 27.6. The van der Waals surface area contributed by atoms with Crippen molar-refractivity contribution in [3.63, 3.8) is 0 Å². The highest BCUT2D eigenvalue weighted by molar-refractivity contribution is 6.00. The van der Waals surface area contributed by atoms with Crippen molar-refractivity contribution in [1.82, 2.24) is 52.4 Å². The fraction of sp³-hybridized carbons (Fsp3) is 0.604. The number of rotatable bonds is 35. The Bertz CT molecular complexity index is 2700. The third kappa shape index (κ3) is 21.7. The lowest BCUT2D eigenvalue weighted by Gasteiger charge is -2.30. The zero-order valence-electron chi connectivity index (χ0n) is 48.0. The SMILES string of the molecule is CC[C@H](C)[C@H](NC(=O)[C@H](CCCN=C(N)N)NC(=O)[C@H](CCC(=O)O)NC(=O)[C@H](CC(C)C)NC(=O)[C@H](CC(N)=O)NC(=O)[C@H](Cc1c[nH]c2ccccc12)NC(=O)[C@@H]1CCCN1C(=O)[C@H](C)NC(=O)[C@@H](N)CO)C(=O)N[C@H](C(=O)O)[C@@H](C)O. The summed E-state index contributed by atoms with van der Waals surface area (Å²) in [5, 5.41) is 59.0. The molecule has 3 rings (SSSR count). The summed E-state index contributed by atoms with van der Waals surface area (Å²) in [6.07, 6.45) is -1.79. The molecule has 1 fully saturated rings. The van der Waals surface area contributed by atoms with Gasteiger partial charge in [0, 0.05) is 43.0 Å². The van der Waals surface area contributed by atoms with Crippen molar-refractivity contribution in [2.75, 3.05) is 19.7 Å². The van der Waals surface area contributed by atoms with E-state index in [0.717, 1.165) is 6.92 Å². The first-order valence-corrected chi connectivity index (χ1v) is 27.6. The summed E-state index contributed by atoms with van der Waals surface area (Å²) < 4.78 is 0. The van der Waals surface area contributed by atoms with Gasteiger partial charge < -0.3 is 95.8 Å². The molecule has 84 heavy (non-hydrogen) atoms. The summed E-state index contributed by atoms with van der Waals surface area (Å²) in [7, 11) is 0. The third-order valence-electron chi connectivity index (χ3n) is 13.9. The number of para-hydroxylation sites is 1. The molecule has 10 amide bonds. The highest BCUT2D eigenvalue weighted by atomic mass is 16.4. The number of aliphatic carboxylic acids is 2. The van der Waals surface area contributed by atoms with Crippen molar-refractivity contribution in [3.8, 4) is 0 Å². The lowest BCUT2D eigenvalue weighted by molar-refractivity contribution is -0.145. The van der Waals surface area contributed by atoms with Gasteiger partial charge in [0.05, 0.1) is 19.1 Å². The first-order chi connectivity index (χ1) is 39.5. The maximum Gasteiger partial charge on any atom is 0.328 e. The number of benzene rings is 1. The largest absolute Gasteiger partial charge is 0.481 e. The summed E-state index contributed by atoms with van der Waals surface area (Å²) in [6.45, 7) is 8.49. The molecule has 2 aromatic rings. The molecule has 0 radical (unpaired) electrons. The van der Waals surface area contributed by atoms with Gasteiger partial charge in [-0.2, -0.15) is 0 Å². The monoisotopic (exact) mass is 1190 g/mol. The van der Waals surface area contributed by atoms with Crippen molar-refractivity contribution < 1.29 is 78.0 Å². The molecular weight excluding hydrogens is 1100 g/mol. The molecule has 1 aromatic heterocycles. The number of aromatic amines is 1. The van der Waals surface area contributed by atoms with Gasteiger partial charge >= 0.3 is 11.9 Å². The fourth-order valence-corrected chi connectivity index (χ4v) is 9.11. The number of primary amides is 1. The van der Waals surface area contributed by atoms with E-state index >= 15 is 0 Å². The number of nitrogens with two attached hydrogens (primary N) is 4. The number of carbonyl (C=O) groups excluding carboxylic acids is 10. The van der Waals surface area contributed by atoms with Crippen LogP contribution in [0.3, 0.4) is 0 Å². The van der Waals surface area contributed by atoms with Crippen molar-refractivity contribution >= 4 is 87.9 Å². The molecule has 0 bridgehead atoms. The molecule has 0 spiro atoms. The minimum atomic E-state index is -1.81. The molecule has 12 atom stereocenters. The van der Waals surface area contributed by atoms with Gasteiger partial charge in [-0.3, -0.25) is 57.7 Å². The van der Waals surface area contributed by atoms with Gasteiger partial charge in [-0.05, 0) is 75.8 Å². The zero-order chi connectivity index (χ0) is 63.1. The predicted octanol–water partition coefficient (Wildman–Crippen LogP) is -4.73. The molecule has 0 aliphatic carbocycles. The van der Waals surface area contributed by atoms with Gasteiger partial charge in [0.1, 0.15) is 54.4 Å². The number of carboxylic acids is 2. The average Bonchev–Trinajstić information content (AvgIpc) is 3.40. The number of guanidine groups is 1. The zero-order valence-corrected chi connectivity index (χ0v) is 48.0. The second-order valence-electron chi connectivity index (χ2n) is 21.2. The highest BCUT2D eigenvalue weighted by Crippen LogP contribution is 2.22. The number of aliphatic imine (C=N–C) groups is 1. The lowest BCUT2D eigenvalue weighted by Crippen LogP contribution is -2.61. The number of carbonyl (C=O) groups is 12. The number of nitrogens with zero attached hydrogens (tertiary/aromatic N) is 2. The Balaban J connectivity index is 1.96. The lowest BCUT2D eigenvalue weighted by atomic mass is 9.96. The summed E-state index contributed by atoms with van der Waals surface area (Å²) >= 11 is 0. The topological polar surface area (TPSA) is 517 Å². The van der Waals surface area contributed by atoms with E-state index in [0.29, 0.717) is 22.9 Å². The van der Waals surface area contributed by atoms with E-state index in [4.69, 9.17) is 22.9 Å². The number of fused-ring (bicyclic) bond motifs is 1. The summed E-state index contributed by atoms with van der Waals surface area (Å²) in [5.74, 6) is -13.8. The molecule has 2 heterocycles. The molecule has 1 saturated heterocycles. The van der Waals surface area contributed by atoms with Crippen LogP contribution < -0.4 is 65.5 Å². The molecule has 21 N–H and O–H groups in total. The molecule has 1 aliphatic heterocycles. The Morgan fingerprint density at radius 3 is 1.87 bits per heavy atom. The van der Waals surface area contributed by atoms with E-state index in [1.807, 2.05) is 0 Å². The average molecular weight is 1190 g/mol. The van der Waals surface area contributed by atoms with Gasteiger partial charge in [0.15, 0.2) is 12.0 Å². The Morgan fingerprint density at radius 1 is 0.714 bits per heavy atom. The summed E-state index contributed by atoms with van der Waals surface area (Å²) in [4.78, 5) is 170. The van der Waals surface area contributed by atoms with Crippen molar-refractivity contribution in [2.24, 2.45) is 39.8 Å². The molecule has 466 valence electrons. The van der Waals surface area contributed by atoms with Crippen molar-refractivity contribution in [1.29, 1.82) is 0 Å². The molecule has 1 aliphatic rings. The number of aliphatic hydroxyl groups excluding tert-OH is 2. The van der Waals surface area contributed by atoms with Crippen LogP contribution in [0.2, 0.25) is 0 Å². The predicted molar refractivity (Wildman–Crippen MR) is 302 cm³/mol. The number of aliphatic hydroxyl groups is 2. The van der Waals surface area contributed by atoms with E-state index in [1.165, 1.54) is 11.8 Å². The van der Waals surface area contributed by atoms with Crippen LogP contribution in [0.1, 0.15) is 105 Å². The Morgan fingerprint density at radius 2 is 1.29 bits per heavy atom. The quantitative estimate of drug-likeness (QED) is 0.0175. The summed E-state index contributed by atoms with van der Waals surface area (Å²) in [5.41, 5.74) is 23.3. The van der Waals surface area contributed by atoms with E-state index in [2.05, 4.69) is 52.5 Å². The molecule has 0 saturated carbocycles. The van der Waals surface area contributed by atoms with Crippen molar-refractivity contribution in [2.45, 2.75) is 172 Å². The van der Waals surface area contributed by atoms with Crippen LogP contribution in [0.4, 0.5) is 0 Å². The maximum atomic E-state index is 14.5. The van der Waals surface area contributed by atoms with Crippen LogP contribution in [0, 0.1) is 11.8 Å². The van der Waals surface area contributed by atoms with Crippen LogP contribution in [-0.2, 0) is 64.0 Å². The second-order valence-corrected chi connectivity index (χ2v) is 21.2. The van der Waals surface area contributed by atoms with Gasteiger partial charge in [-0.1, -0.05) is 52.3 Å². The van der Waals surface area contributed by atoms with Gasteiger partial charge in [0.2, 0.25) is 59.1 Å². The van der Waals surface area contributed by atoms with Gasteiger partial charge in [-0.15, -0.1) is 0 Å². The smallest absolute Gasteiger partial charge is 0.328 e. The van der Waals surface area contributed by atoms with E-state index < -0.39 is 169 Å². The van der Waals surface area contributed by atoms with E-state index in [9.17, 15) is 78.0 Å². The molecule has 0 unspecified atom stereocenters. The number of likely N-dealkylation sites (tertiary alicyclic amines) is 1. The van der Waals surface area contributed by atoms with Crippen LogP contribution in [0.25, 0.3) is 10.9 Å². The second kappa shape index (κ2) is 33.6. The number of nitrogens with one attached hydrogen (secondary N) is 9. The molecule has 31 heteroatoms.